The Morgan fingerprint density at radius 2 is 1.95 bits per heavy atom. The van der Waals surface area contributed by atoms with Gasteiger partial charge in [0.15, 0.2) is 5.76 Å². The molecule has 0 saturated heterocycles. The van der Waals surface area contributed by atoms with Crippen molar-refractivity contribution in [1.82, 2.24) is 0 Å². The average molecular weight is 303 g/mol. The summed E-state index contributed by atoms with van der Waals surface area (Å²) in [7, 11) is 0. The third-order valence-corrected chi connectivity index (χ3v) is 2.86. The van der Waals surface area contributed by atoms with Gasteiger partial charge in [0.1, 0.15) is 12.2 Å². The maximum atomic E-state index is 11.9. The lowest BCUT2D eigenvalue weighted by Gasteiger charge is -2.00. The number of nitro benzene ring substituents is 1. The number of Topliss-reactive ketones (excluding diaryl/α,β-unsaturated/α-hetero) is 1. The SMILES string of the molecule is CCOC(=O)CC(=O)c1ccc(-c2ccccc2[N+](=O)[O-])o1. The van der Waals surface area contributed by atoms with Crippen LogP contribution in [0.2, 0.25) is 0 Å². The third kappa shape index (κ3) is 3.38. The Labute approximate surface area is 125 Å². The third-order valence-electron chi connectivity index (χ3n) is 2.86. The van der Waals surface area contributed by atoms with Gasteiger partial charge in [-0.3, -0.25) is 19.7 Å². The van der Waals surface area contributed by atoms with Crippen molar-refractivity contribution in [1.29, 1.82) is 0 Å². The molecule has 0 aliphatic heterocycles. The van der Waals surface area contributed by atoms with E-state index in [2.05, 4.69) is 4.74 Å². The summed E-state index contributed by atoms with van der Waals surface area (Å²) in [5, 5.41) is 11.0. The van der Waals surface area contributed by atoms with E-state index < -0.39 is 23.1 Å². The number of nitrogens with zero attached hydrogens (tertiary/aromatic N) is 1. The van der Waals surface area contributed by atoms with Gasteiger partial charge in [-0.25, -0.2) is 0 Å². The molecule has 0 atom stereocenters. The molecule has 0 aliphatic carbocycles. The maximum absolute atomic E-state index is 11.9. The molecule has 0 unspecified atom stereocenters. The molecule has 0 amide bonds. The Hall–Kier alpha value is -2.96. The minimum atomic E-state index is -0.642. The zero-order valence-corrected chi connectivity index (χ0v) is 11.8. The second-order valence-corrected chi connectivity index (χ2v) is 4.34. The van der Waals surface area contributed by atoms with Gasteiger partial charge >= 0.3 is 5.97 Å². The molecule has 114 valence electrons. The highest BCUT2D eigenvalue weighted by Crippen LogP contribution is 2.31. The molecule has 0 aliphatic rings. The maximum Gasteiger partial charge on any atom is 0.313 e. The number of carbonyl (C=O) groups excluding carboxylic acids is 2. The van der Waals surface area contributed by atoms with Gasteiger partial charge in [0, 0.05) is 6.07 Å². The zero-order chi connectivity index (χ0) is 16.1. The number of furan rings is 1. The standard InChI is InChI=1S/C15H13NO6/c1-2-21-15(18)9-12(17)14-8-7-13(22-14)10-5-3-4-6-11(10)16(19)20/h3-8H,2,9H2,1H3. The normalized spacial score (nSPS) is 10.2. The van der Waals surface area contributed by atoms with E-state index in [0.29, 0.717) is 0 Å². The van der Waals surface area contributed by atoms with Crippen molar-refractivity contribution in [2.45, 2.75) is 13.3 Å². The van der Waals surface area contributed by atoms with Crippen LogP contribution in [0.3, 0.4) is 0 Å². The van der Waals surface area contributed by atoms with Crippen LogP contribution in [-0.2, 0) is 9.53 Å². The molecule has 2 rings (SSSR count). The first-order chi connectivity index (χ1) is 10.5. The minimum Gasteiger partial charge on any atom is -0.466 e. The first-order valence-electron chi connectivity index (χ1n) is 6.55. The number of para-hydroxylation sites is 1. The molecule has 0 bridgehead atoms. The lowest BCUT2D eigenvalue weighted by atomic mass is 10.1. The topological polar surface area (TPSA) is 99.7 Å². The van der Waals surface area contributed by atoms with Crippen LogP contribution in [0, 0.1) is 10.1 Å². The minimum absolute atomic E-state index is 0.0406. The van der Waals surface area contributed by atoms with E-state index in [9.17, 15) is 19.7 Å². The molecule has 0 radical (unpaired) electrons. The predicted octanol–water partition coefficient (Wildman–Crippen LogP) is 2.99. The van der Waals surface area contributed by atoms with Gasteiger partial charge in [-0.05, 0) is 25.1 Å². The van der Waals surface area contributed by atoms with Gasteiger partial charge < -0.3 is 9.15 Å². The van der Waals surface area contributed by atoms with E-state index in [-0.39, 0.29) is 29.4 Å². The summed E-state index contributed by atoms with van der Waals surface area (Å²) in [5.41, 5.74) is 0.143. The summed E-state index contributed by atoms with van der Waals surface area (Å²) in [6.07, 6.45) is -0.433. The highest BCUT2D eigenvalue weighted by Gasteiger charge is 2.20. The van der Waals surface area contributed by atoms with Crippen LogP contribution < -0.4 is 0 Å². The number of benzene rings is 1. The Morgan fingerprint density at radius 1 is 1.23 bits per heavy atom. The number of hydrogen-bond acceptors (Lipinski definition) is 6. The van der Waals surface area contributed by atoms with E-state index in [4.69, 9.17) is 4.42 Å². The number of rotatable bonds is 6. The summed E-state index contributed by atoms with van der Waals surface area (Å²) >= 11 is 0. The summed E-state index contributed by atoms with van der Waals surface area (Å²) in [6, 6.07) is 8.88. The molecule has 7 nitrogen and oxygen atoms in total. The largest absolute Gasteiger partial charge is 0.466 e. The molecule has 7 heteroatoms. The molecule has 2 aromatic rings. The average Bonchev–Trinajstić information content (AvgIpc) is 2.97. The van der Waals surface area contributed by atoms with Crippen molar-refractivity contribution in [3.63, 3.8) is 0 Å². The van der Waals surface area contributed by atoms with Crippen LogP contribution in [0.4, 0.5) is 5.69 Å². The van der Waals surface area contributed by atoms with Crippen molar-refractivity contribution in [3.05, 3.63) is 52.3 Å². The summed E-state index contributed by atoms with van der Waals surface area (Å²) < 4.78 is 10.0. The van der Waals surface area contributed by atoms with Crippen LogP contribution in [0.1, 0.15) is 23.9 Å². The second-order valence-electron chi connectivity index (χ2n) is 4.34. The van der Waals surface area contributed by atoms with E-state index in [1.54, 1.807) is 13.0 Å². The first-order valence-corrected chi connectivity index (χ1v) is 6.55. The fourth-order valence-corrected chi connectivity index (χ4v) is 1.90. The highest BCUT2D eigenvalue weighted by atomic mass is 16.6. The van der Waals surface area contributed by atoms with E-state index >= 15 is 0 Å². The number of esters is 1. The van der Waals surface area contributed by atoms with E-state index in [1.807, 2.05) is 0 Å². The van der Waals surface area contributed by atoms with Crippen molar-refractivity contribution >= 4 is 17.4 Å². The Balaban J connectivity index is 2.24. The molecule has 1 heterocycles. The molecular formula is C15H13NO6. The van der Waals surface area contributed by atoms with Crippen molar-refractivity contribution in [2.75, 3.05) is 6.61 Å². The molecule has 0 spiro atoms. The fourth-order valence-electron chi connectivity index (χ4n) is 1.90. The van der Waals surface area contributed by atoms with E-state index in [0.717, 1.165) is 0 Å². The Kier molecular flexibility index (Phi) is 4.67. The van der Waals surface area contributed by atoms with Gasteiger partial charge in [-0.2, -0.15) is 0 Å². The molecule has 0 N–H and O–H groups in total. The smallest absolute Gasteiger partial charge is 0.313 e. The summed E-state index contributed by atoms with van der Waals surface area (Å²) in [5.74, 6) is -1.03. The summed E-state index contributed by atoms with van der Waals surface area (Å²) in [6.45, 7) is 1.83. The lowest BCUT2D eigenvalue weighted by Crippen LogP contribution is -2.10. The molecule has 1 aromatic carbocycles. The number of carbonyl (C=O) groups is 2. The van der Waals surface area contributed by atoms with Gasteiger partial charge in [0.2, 0.25) is 5.78 Å². The van der Waals surface area contributed by atoms with Crippen LogP contribution >= 0.6 is 0 Å². The number of ketones is 1. The van der Waals surface area contributed by atoms with Gasteiger partial charge in [0.05, 0.1) is 17.1 Å². The monoisotopic (exact) mass is 303 g/mol. The predicted molar refractivity (Wildman–Crippen MR) is 76.4 cm³/mol. The van der Waals surface area contributed by atoms with Gasteiger partial charge in [-0.1, -0.05) is 12.1 Å². The Bertz CT molecular complexity index is 718. The van der Waals surface area contributed by atoms with Crippen molar-refractivity contribution in [3.8, 4) is 11.3 Å². The van der Waals surface area contributed by atoms with Gasteiger partial charge in [-0.15, -0.1) is 0 Å². The number of ether oxygens (including phenoxy) is 1. The quantitative estimate of drug-likeness (QED) is 0.267. The van der Waals surface area contributed by atoms with Crippen molar-refractivity contribution < 1.29 is 23.7 Å². The summed E-state index contributed by atoms with van der Waals surface area (Å²) in [4.78, 5) is 33.6. The molecule has 0 fully saturated rings. The van der Waals surface area contributed by atoms with Crippen molar-refractivity contribution in [2.24, 2.45) is 0 Å². The fraction of sp³-hybridized carbons (Fsp3) is 0.200. The van der Waals surface area contributed by atoms with Gasteiger partial charge in [0.25, 0.3) is 5.69 Å². The van der Waals surface area contributed by atoms with Crippen LogP contribution in [0.5, 0.6) is 0 Å². The number of hydrogen-bond donors (Lipinski definition) is 0. The highest BCUT2D eigenvalue weighted by molar-refractivity contribution is 6.04. The van der Waals surface area contributed by atoms with Crippen LogP contribution in [0.25, 0.3) is 11.3 Å². The molecule has 0 saturated carbocycles. The zero-order valence-electron chi connectivity index (χ0n) is 11.8. The van der Waals surface area contributed by atoms with Crippen LogP contribution in [-0.4, -0.2) is 23.3 Å². The van der Waals surface area contributed by atoms with Crippen LogP contribution in [0.15, 0.2) is 40.8 Å². The van der Waals surface area contributed by atoms with E-state index in [1.165, 1.54) is 30.3 Å². The Morgan fingerprint density at radius 3 is 2.64 bits per heavy atom. The second kappa shape index (κ2) is 6.66. The molecule has 1 aromatic heterocycles. The molecular weight excluding hydrogens is 290 g/mol. The number of nitro groups is 1. The molecule has 22 heavy (non-hydrogen) atoms. The first kappa shape index (κ1) is 15.4. The lowest BCUT2D eigenvalue weighted by molar-refractivity contribution is -0.384.